The van der Waals surface area contributed by atoms with Crippen molar-refractivity contribution in [1.29, 1.82) is 0 Å². The van der Waals surface area contributed by atoms with Gasteiger partial charge >= 0.3 is 0 Å². The van der Waals surface area contributed by atoms with Crippen LogP contribution in [0, 0.1) is 0 Å². The first kappa shape index (κ1) is 18.6. The Bertz CT molecular complexity index is 435. The zero-order valence-electron chi connectivity index (χ0n) is 12.9. The highest BCUT2D eigenvalue weighted by Gasteiger charge is 2.49. The lowest BCUT2D eigenvalue weighted by molar-refractivity contribution is -0.231. The molecule has 11 heteroatoms. The first-order valence-corrected chi connectivity index (χ1v) is 6.73. The first-order chi connectivity index (χ1) is 11.0. The van der Waals surface area contributed by atoms with Crippen LogP contribution in [-0.2, 0) is 9.53 Å². The lowest BCUT2D eigenvalue weighted by Gasteiger charge is -2.40. The first-order valence-electron chi connectivity index (χ1n) is 7.23. The number of aliphatic hydroxyl groups excluding tert-OH is 9. The van der Waals surface area contributed by atoms with E-state index >= 15 is 0 Å². The minimum atomic E-state index is -3.07. The lowest BCUT2D eigenvalue weighted by atomic mass is 9.89. The van der Waals surface area contributed by atoms with Crippen LogP contribution in [-0.4, -0.2) is 120 Å². The molecule has 0 amide bonds. The zero-order valence-corrected chi connectivity index (χ0v) is 11.9. The van der Waals surface area contributed by atoms with Crippen molar-refractivity contribution in [3.63, 3.8) is 0 Å². The molecule has 9 atom stereocenters. The molecule has 23 heavy (non-hydrogen) atoms. The molecular weight excluding hydrogens is 320 g/mol. The Hall–Kier alpha value is -0.730. The summed E-state index contributed by atoms with van der Waals surface area (Å²) in [4.78, 5) is 12.2. The van der Waals surface area contributed by atoms with Gasteiger partial charge in [-0.2, -0.15) is 0 Å². The van der Waals surface area contributed by atoms with Gasteiger partial charge in [0.15, 0.2) is 5.78 Å². The summed E-state index contributed by atoms with van der Waals surface area (Å²) in [5.41, 5.74) is 0. The molecule has 1 saturated heterocycles. The second-order valence-corrected chi connectivity index (χ2v) is 5.17. The number of rotatable bonds is 7. The van der Waals surface area contributed by atoms with E-state index in [-0.39, 0.29) is 0 Å². The Morgan fingerprint density at radius 2 is 1.57 bits per heavy atom. The lowest BCUT2D eigenvalue weighted by Crippen LogP contribution is -2.63. The molecular formula is C12H22O11. The van der Waals surface area contributed by atoms with Crippen LogP contribution in [0.3, 0.4) is 0 Å². The van der Waals surface area contributed by atoms with Gasteiger partial charge in [-0.3, -0.25) is 4.79 Å². The minimum Gasteiger partial charge on any atom is -0.394 e. The molecule has 9 N–H and O–H groups in total. The van der Waals surface area contributed by atoms with Crippen molar-refractivity contribution in [2.24, 2.45) is 0 Å². The number of carbonyl (C=O) groups is 1. The summed E-state index contributed by atoms with van der Waals surface area (Å²) in [6, 6.07) is 0. The van der Waals surface area contributed by atoms with Gasteiger partial charge in [0.05, 0.1) is 14.6 Å². The van der Waals surface area contributed by atoms with Gasteiger partial charge in [0.2, 0.25) is 0 Å². The molecule has 0 aromatic carbocycles. The fourth-order valence-electron chi connectivity index (χ4n) is 2.04. The van der Waals surface area contributed by atoms with Crippen molar-refractivity contribution in [2.75, 3.05) is 13.2 Å². The van der Waals surface area contributed by atoms with Gasteiger partial charge in [-0.25, -0.2) is 0 Å². The van der Waals surface area contributed by atoms with Crippen LogP contribution in [0.15, 0.2) is 0 Å². The van der Waals surface area contributed by atoms with Crippen LogP contribution in [0.2, 0.25) is 0 Å². The van der Waals surface area contributed by atoms with E-state index in [1.165, 1.54) is 0 Å². The van der Waals surface area contributed by atoms with Crippen LogP contribution in [0.25, 0.3) is 0 Å². The quantitative estimate of drug-likeness (QED) is 0.212. The Kier molecular flexibility index (Phi) is 6.79. The van der Waals surface area contributed by atoms with Crippen molar-refractivity contribution in [3.8, 4) is 0 Å². The Labute approximate surface area is 132 Å². The SMILES string of the molecule is [2H]C1(C(=O)[C@H](O)[C@@H](O)[C@@H](O)[C@H](O)CO)O[C@H](CO)[C@@H](O)[C@H](O)[C@H]1O. The van der Waals surface area contributed by atoms with Crippen molar-refractivity contribution < 1.29 is 56.9 Å². The average Bonchev–Trinajstić information content (AvgIpc) is 2.59. The molecule has 0 bridgehead atoms. The summed E-state index contributed by atoms with van der Waals surface area (Å²) in [7, 11) is 0. The van der Waals surface area contributed by atoms with Crippen LogP contribution < -0.4 is 0 Å². The molecule has 1 aliphatic heterocycles. The van der Waals surface area contributed by atoms with E-state index in [0.717, 1.165) is 0 Å². The molecule has 0 radical (unpaired) electrons. The summed E-state index contributed by atoms with van der Waals surface area (Å²) < 4.78 is 12.6. The molecule has 136 valence electrons. The van der Waals surface area contributed by atoms with E-state index in [9.17, 15) is 40.5 Å². The van der Waals surface area contributed by atoms with E-state index in [1.807, 2.05) is 0 Å². The maximum absolute atomic E-state index is 12.2. The van der Waals surface area contributed by atoms with Crippen LogP contribution in [0.4, 0.5) is 0 Å². The highest BCUT2D eigenvalue weighted by molar-refractivity contribution is 5.88. The van der Waals surface area contributed by atoms with Gasteiger partial charge in [0.1, 0.15) is 54.9 Å². The maximum atomic E-state index is 12.2. The predicted molar refractivity (Wildman–Crippen MR) is 69.9 cm³/mol. The molecule has 1 heterocycles. The number of ether oxygens (including phenoxy) is 1. The predicted octanol–water partition coefficient (Wildman–Crippen LogP) is -6.17. The van der Waals surface area contributed by atoms with Crippen molar-refractivity contribution in [1.82, 2.24) is 0 Å². The van der Waals surface area contributed by atoms with Crippen molar-refractivity contribution >= 4 is 5.78 Å². The van der Waals surface area contributed by atoms with Crippen LogP contribution in [0.5, 0.6) is 0 Å². The van der Waals surface area contributed by atoms with E-state index in [4.69, 9.17) is 16.3 Å². The van der Waals surface area contributed by atoms with Gasteiger partial charge in [0.25, 0.3) is 0 Å². The molecule has 0 aromatic rings. The minimum absolute atomic E-state index is 0.927. The third kappa shape index (κ3) is 4.22. The second kappa shape index (κ2) is 8.39. The Balaban J connectivity index is 3.02. The van der Waals surface area contributed by atoms with Gasteiger partial charge in [0, 0.05) is 0 Å². The van der Waals surface area contributed by atoms with Gasteiger partial charge in [-0.05, 0) is 0 Å². The zero-order chi connectivity index (χ0) is 18.8. The van der Waals surface area contributed by atoms with E-state index < -0.39 is 73.9 Å². The molecule has 0 spiro atoms. The molecule has 1 unspecified atom stereocenters. The number of carbonyl (C=O) groups excluding carboxylic acids is 1. The normalized spacial score (nSPS) is 40.8. The topological polar surface area (TPSA) is 208 Å². The van der Waals surface area contributed by atoms with Gasteiger partial charge in [-0.15, -0.1) is 0 Å². The molecule has 0 saturated carbocycles. The second-order valence-electron chi connectivity index (χ2n) is 5.17. The third-order valence-electron chi connectivity index (χ3n) is 3.55. The van der Waals surface area contributed by atoms with Gasteiger partial charge < -0.3 is 50.7 Å². The molecule has 1 aliphatic rings. The Morgan fingerprint density at radius 3 is 2.04 bits per heavy atom. The largest absolute Gasteiger partial charge is 0.394 e. The molecule has 1 rings (SSSR count). The standard InChI is InChI=1S/C12H22O11/c13-1-3(15)5(16)7(18)9(20)11(22)12-10(21)8(19)6(17)4(2-14)23-12/h3-10,12-21H,1-2H2/t3-,4-,5+,6-,7+,8+,9-,10-,12?/m1/s1/i12D. The van der Waals surface area contributed by atoms with Crippen LogP contribution >= 0.6 is 0 Å². The average molecular weight is 343 g/mol. The van der Waals surface area contributed by atoms with E-state index in [2.05, 4.69) is 0 Å². The monoisotopic (exact) mass is 343 g/mol. The maximum Gasteiger partial charge on any atom is 0.195 e. The molecule has 1 fully saturated rings. The highest BCUT2D eigenvalue weighted by atomic mass is 16.5. The fraction of sp³-hybridized carbons (Fsp3) is 0.917. The highest BCUT2D eigenvalue weighted by Crippen LogP contribution is 2.23. The number of hydrogen-bond donors (Lipinski definition) is 9. The number of ketones is 1. The third-order valence-corrected chi connectivity index (χ3v) is 3.55. The fourth-order valence-corrected chi connectivity index (χ4v) is 2.04. The van der Waals surface area contributed by atoms with Crippen molar-refractivity contribution in [2.45, 2.75) is 54.9 Å². The van der Waals surface area contributed by atoms with Gasteiger partial charge in [-0.1, -0.05) is 0 Å². The van der Waals surface area contributed by atoms with E-state index in [1.54, 1.807) is 0 Å². The number of Topliss-reactive ketones (excluding diaryl/α,β-unsaturated/α-hetero) is 1. The summed E-state index contributed by atoms with van der Waals surface area (Å²) in [6.07, 6.45) is -19.9. The summed E-state index contributed by atoms with van der Waals surface area (Å²) in [5, 5.41) is 84.8. The number of aliphatic hydroxyl groups is 9. The smallest absolute Gasteiger partial charge is 0.195 e. The Morgan fingerprint density at radius 1 is 1.00 bits per heavy atom. The summed E-state index contributed by atoms with van der Waals surface area (Å²) in [5.74, 6) is -1.70. The van der Waals surface area contributed by atoms with Crippen LogP contribution in [0.1, 0.15) is 1.37 Å². The van der Waals surface area contributed by atoms with Crippen molar-refractivity contribution in [3.05, 3.63) is 0 Å². The summed E-state index contributed by atoms with van der Waals surface area (Å²) in [6.45, 7) is -1.93. The molecule has 0 aromatic heterocycles. The number of hydrogen-bond acceptors (Lipinski definition) is 11. The molecule has 0 aliphatic carbocycles. The molecule has 11 nitrogen and oxygen atoms in total. The van der Waals surface area contributed by atoms with E-state index in [0.29, 0.717) is 0 Å². The summed E-state index contributed by atoms with van der Waals surface area (Å²) >= 11 is 0.